The molecule has 6 aliphatic heterocycles. The molecular formula is C41H72O33. The van der Waals surface area contributed by atoms with Gasteiger partial charge in [0.2, 0.25) is 0 Å². The molecule has 0 radical (unpaired) electrons. The zero-order valence-electron chi connectivity index (χ0n) is 39.5. The molecule has 0 aromatic rings. The number of aliphatic hydroxyl groups excluding tert-OH is 21. The third-order valence-electron chi connectivity index (χ3n) is 13.7. The fraction of sp³-hybridized carbons (Fsp3) is 1.00. The van der Waals surface area contributed by atoms with Crippen LogP contribution in [0.1, 0.15) is 6.92 Å². The van der Waals surface area contributed by atoms with Crippen LogP contribution in [0.25, 0.3) is 0 Å². The molecule has 33 nitrogen and oxygen atoms in total. The van der Waals surface area contributed by atoms with Crippen molar-refractivity contribution in [3.8, 4) is 0 Å². The molecule has 0 aromatic heterocycles. The molecule has 0 aromatic carbocycles. The summed E-state index contributed by atoms with van der Waals surface area (Å²) in [4.78, 5) is 0. The lowest BCUT2D eigenvalue weighted by atomic mass is 9.93. The molecule has 6 heterocycles. The van der Waals surface area contributed by atoms with Gasteiger partial charge in [0.15, 0.2) is 37.7 Å². The zero-order chi connectivity index (χ0) is 54.7. The van der Waals surface area contributed by atoms with Gasteiger partial charge < -0.3 is 164 Å². The molecular weight excluding hydrogens is 1020 g/mol. The van der Waals surface area contributed by atoms with E-state index in [4.69, 9.17) is 56.8 Å². The lowest BCUT2D eigenvalue weighted by Crippen LogP contribution is -2.65. The Kier molecular flexibility index (Phi) is 22.4. The highest BCUT2D eigenvalue weighted by Crippen LogP contribution is 2.35. The molecule has 0 bridgehead atoms. The van der Waals surface area contributed by atoms with Gasteiger partial charge in [-0.3, -0.25) is 0 Å². The summed E-state index contributed by atoms with van der Waals surface area (Å²) >= 11 is 0. The van der Waals surface area contributed by atoms with E-state index in [2.05, 4.69) is 0 Å². The number of aliphatic hydroxyl groups is 21. The van der Waals surface area contributed by atoms with Crippen molar-refractivity contribution in [3.05, 3.63) is 0 Å². The van der Waals surface area contributed by atoms with Crippen LogP contribution in [0.4, 0.5) is 0 Å². The minimum atomic E-state index is -2.06. The average Bonchev–Trinajstić information content (AvgIpc) is 3.39. The van der Waals surface area contributed by atoms with E-state index in [1.54, 1.807) is 0 Å². The van der Waals surface area contributed by atoms with Crippen molar-refractivity contribution in [2.24, 2.45) is 5.41 Å². The van der Waals surface area contributed by atoms with Crippen LogP contribution in [0.2, 0.25) is 0 Å². The van der Waals surface area contributed by atoms with Crippen LogP contribution in [-0.4, -0.2) is 351 Å². The second kappa shape index (κ2) is 26.8. The third-order valence-corrected chi connectivity index (χ3v) is 13.7. The standard InChI is InChI=1S/C41H72O33/c1-41(8-63-35-29(60)23(54)32(14(5-45)69-35)72-38-26(57)20(51)17(48)11(2-42)66-38,9-64-36-30(61)24(55)33(15(6-46)70-36)73-39-27(58)21(52)18(49)12(3-43)67-39)10-65-37-31(62)25(56)34(16(7-47)71-37)74-40-28(59)22(53)19(50)13(4-44)68-40/h11-40,42-62H,2-10H2,1H3. The van der Waals surface area contributed by atoms with Crippen LogP contribution < -0.4 is 0 Å². The Morgan fingerprint density at radius 1 is 0.270 bits per heavy atom. The highest BCUT2D eigenvalue weighted by atomic mass is 16.8. The first kappa shape index (κ1) is 61.9. The molecule has 30 atom stereocenters. The zero-order valence-corrected chi connectivity index (χ0v) is 39.5. The molecule has 21 N–H and O–H groups in total. The number of hydrogen-bond donors (Lipinski definition) is 21. The fourth-order valence-corrected chi connectivity index (χ4v) is 9.05. The van der Waals surface area contributed by atoms with E-state index >= 15 is 0 Å². The maximum Gasteiger partial charge on any atom is 0.187 e. The normalized spacial score (nSPS) is 50.4. The van der Waals surface area contributed by atoms with Crippen molar-refractivity contribution in [1.82, 2.24) is 0 Å². The molecule has 30 unspecified atom stereocenters. The Labute approximate surface area is 419 Å². The first-order valence-corrected chi connectivity index (χ1v) is 23.6. The van der Waals surface area contributed by atoms with Gasteiger partial charge >= 0.3 is 0 Å². The number of ether oxygens (including phenoxy) is 12. The van der Waals surface area contributed by atoms with Crippen molar-refractivity contribution >= 4 is 0 Å². The van der Waals surface area contributed by atoms with Gasteiger partial charge in [0.1, 0.15) is 146 Å². The highest BCUT2D eigenvalue weighted by Gasteiger charge is 2.55. The van der Waals surface area contributed by atoms with E-state index in [1.807, 2.05) is 0 Å². The number of hydrogen-bond acceptors (Lipinski definition) is 33. The SMILES string of the molecule is CC(COC1OC(CO)C(OC2OC(CO)C(O)C(O)C2O)C(O)C1O)(COC1OC(CO)C(OC2OC(CO)C(O)C(O)C2O)C(O)C1O)COC1OC(CO)C(OC2OC(CO)C(O)C(O)C2O)C(O)C1O. The predicted molar refractivity (Wildman–Crippen MR) is 225 cm³/mol. The molecule has 33 heteroatoms. The highest BCUT2D eigenvalue weighted by molar-refractivity contribution is 4.98. The van der Waals surface area contributed by atoms with Crippen LogP contribution >= 0.6 is 0 Å². The van der Waals surface area contributed by atoms with Crippen LogP contribution in [0.15, 0.2) is 0 Å². The largest absolute Gasteiger partial charge is 0.394 e. The molecule has 74 heavy (non-hydrogen) atoms. The van der Waals surface area contributed by atoms with Crippen molar-refractivity contribution in [3.63, 3.8) is 0 Å². The molecule has 6 rings (SSSR count). The second-order valence-electron chi connectivity index (χ2n) is 19.3. The summed E-state index contributed by atoms with van der Waals surface area (Å²) in [7, 11) is 0. The third kappa shape index (κ3) is 13.3. The van der Waals surface area contributed by atoms with Crippen LogP contribution in [0.5, 0.6) is 0 Å². The minimum Gasteiger partial charge on any atom is -0.394 e. The second-order valence-corrected chi connectivity index (χ2v) is 19.3. The molecule has 0 amide bonds. The monoisotopic (exact) mass is 1090 g/mol. The van der Waals surface area contributed by atoms with Crippen molar-refractivity contribution in [2.75, 3.05) is 59.5 Å². The Bertz CT molecular complexity index is 1480. The summed E-state index contributed by atoms with van der Waals surface area (Å²) < 4.78 is 67.6. The van der Waals surface area contributed by atoms with Crippen molar-refractivity contribution < 1.29 is 164 Å². The Balaban J connectivity index is 1.17. The Morgan fingerprint density at radius 2 is 0.473 bits per heavy atom. The van der Waals surface area contributed by atoms with E-state index in [-0.39, 0.29) is 0 Å². The summed E-state index contributed by atoms with van der Waals surface area (Å²) in [5.74, 6) is 0. The maximum atomic E-state index is 11.2. The Hall–Kier alpha value is -1.32. The van der Waals surface area contributed by atoms with Crippen molar-refractivity contribution in [2.45, 2.75) is 191 Å². The van der Waals surface area contributed by atoms with Crippen molar-refractivity contribution in [1.29, 1.82) is 0 Å². The van der Waals surface area contributed by atoms with E-state index in [1.165, 1.54) is 6.92 Å². The van der Waals surface area contributed by atoms with E-state index in [0.717, 1.165) is 0 Å². The lowest BCUT2D eigenvalue weighted by molar-refractivity contribution is -0.369. The smallest absolute Gasteiger partial charge is 0.187 e. The molecule has 434 valence electrons. The summed E-state index contributed by atoms with van der Waals surface area (Å²) in [6.07, 6.45) is -54.7. The first-order valence-electron chi connectivity index (χ1n) is 23.6. The van der Waals surface area contributed by atoms with Gasteiger partial charge in [-0.15, -0.1) is 0 Å². The summed E-state index contributed by atoms with van der Waals surface area (Å²) in [6.45, 7) is -6.12. The topological polar surface area (TPSA) is 536 Å². The fourth-order valence-electron chi connectivity index (χ4n) is 9.05. The quantitative estimate of drug-likeness (QED) is 0.0507. The minimum absolute atomic E-state index is 0.701. The lowest BCUT2D eigenvalue weighted by Gasteiger charge is -2.47. The van der Waals surface area contributed by atoms with E-state index < -0.39 is 249 Å². The van der Waals surface area contributed by atoms with Gasteiger partial charge in [-0.05, 0) is 0 Å². The molecule has 0 saturated carbocycles. The first-order chi connectivity index (χ1) is 35.0. The summed E-state index contributed by atoms with van der Waals surface area (Å²) in [5.41, 5.74) is -1.69. The van der Waals surface area contributed by atoms with Gasteiger partial charge in [0.05, 0.1) is 59.5 Å². The van der Waals surface area contributed by atoms with Crippen LogP contribution in [0.3, 0.4) is 0 Å². The van der Waals surface area contributed by atoms with E-state index in [0.29, 0.717) is 0 Å². The molecule has 6 saturated heterocycles. The number of rotatable bonds is 21. The molecule has 6 aliphatic rings. The van der Waals surface area contributed by atoms with Gasteiger partial charge in [-0.2, -0.15) is 0 Å². The van der Waals surface area contributed by atoms with Gasteiger partial charge in [0, 0.05) is 5.41 Å². The maximum absolute atomic E-state index is 11.2. The van der Waals surface area contributed by atoms with Gasteiger partial charge in [-0.25, -0.2) is 0 Å². The summed E-state index contributed by atoms with van der Waals surface area (Å²) in [5, 5.41) is 220. The van der Waals surface area contributed by atoms with Gasteiger partial charge in [-0.1, -0.05) is 6.92 Å². The van der Waals surface area contributed by atoms with Gasteiger partial charge in [0.25, 0.3) is 0 Å². The van der Waals surface area contributed by atoms with E-state index in [9.17, 15) is 107 Å². The average molecular weight is 1090 g/mol. The van der Waals surface area contributed by atoms with Crippen LogP contribution in [-0.2, 0) is 56.8 Å². The Morgan fingerprint density at radius 3 is 0.689 bits per heavy atom. The predicted octanol–water partition coefficient (Wildman–Crippen LogP) is -14.1. The van der Waals surface area contributed by atoms with Crippen LogP contribution in [0, 0.1) is 5.41 Å². The molecule has 0 spiro atoms. The molecule has 0 aliphatic carbocycles. The summed E-state index contributed by atoms with van der Waals surface area (Å²) in [6, 6.07) is 0. The molecule has 6 fully saturated rings.